The molecule has 0 aliphatic carbocycles. The number of anilines is 3. The van der Waals surface area contributed by atoms with Gasteiger partial charge in [0.05, 0.1) is 21.9 Å². The van der Waals surface area contributed by atoms with Crippen LogP contribution in [0.3, 0.4) is 0 Å². The number of halogens is 1. The summed E-state index contributed by atoms with van der Waals surface area (Å²) in [6, 6.07) is 3.89. The molecule has 1 fully saturated rings. The highest BCUT2D eigenvalue weighted by atomic mass is 35.5. The van der Waals surface area contributed by atoms with E-state index >= 15 is 0 Å². The number of hydrogen-bond donors (Lipinski definition) is 1. The summed E-state index contributed by atoms with van der Waals surface area (Å²) in [6.07, 6.45) is 2.63. The summed E-state index contributed by atoms with van der Waals surface area (Å²) in [6.45, 7) is 4.20. The molecule has 2 aliphatic heterocycles. The molecule has 3 aromatic rings. The number of rotatable bonds is 2. The van der Waals surface area contributed by atoms with E-state index in [0.717, 1.165) is 60.8 Å². The molecule has 1 saturated heterocycles. The van der Waals surface area contributed by atoms with Gasteiger partial charge in [-0.05, 0) is 12.1 Å². The summed E-state index contributed by atoms with van der Waals surface area (Å²) in [7, 11) is 3.67. The Morgan fingerprint density at radius 3 is 2.71 bits per heavy atom. The quantitative estimate of drug-likeness (QED) is 0.702. The lowest BCUT2D eigenvalue weighted by Gasteiger charge is -2.30. The molecule has 0 saturated carbocycles. The molecule has 4 heterocycles. The van der Waals surface area contributed by atoms with Crippen LogP contribution in [0.25, 0.3) is 10.9 Å². The maximum Gasteiger partial charge on any atom is 0.278 e. The van der Waals surface area contributed by atoms with Crippen molar-refractivity contribution in [2.24, 2.45) is 14.1 Å². The molecule has 2 aromatic heterocycles. The third-order valence-corrected chi connectivity index (χ3v) is 5.96. The second-order valence-electron chi connectivity index (χ2n) is 7.34. The Balaban J connectivity index is 1.61. The van der Waals surface area contributed by atoms with E-state index in [1.807, 2.05) is 30.3 Å². The van der Waals surface area contributed by atoms with Crippen molar-refractivity contribution in [3.63, 3.8) is 0 Å². The molecule has 1 aromatic carbocycles. The van der Waals surface area contributed by atoms with E-state index in [-0.39, 0.29) is 5.56 Å². The van der Waals surface area contributed by atoms with Crippen LogP contribution >= 0.6 is 11.6 Å². The Morgan fingerprint density at radius 1 is 1.14 bits per heavy atom. The molecule has 0 bridgehead atoms. The second-order valence-corrected chi connectivity index (χ2v) is 7.72. The number of hydrogen-bond acceptors (Lipinski definition) is 6. The maximum atomic E-state index is 13.3. The summed E-state index contributed by atoms with van der Waals surface area (Å²) < 4.78 is 3.41. The minimum absolute atomic E-state index is 0.0293. The Labute approximate surface area is 167 Å². The van der Waals surface area contributed by atoms with Crippen LogP contribution in [0.1, 0.15) is 5.69 Å². The lowest BCUT2D eigenvalue weighted by Crippen LogP contribution is -2.46. The number of nitrogens with zero attached hydrogens (tertiary/aromatic N) is 6. The van der Waals surface area contributed by atoms with Crippen LogP contribution in [0.5, 0.6) is 0 Å². The third-order valence-electron chi connectivity index (χ3n) is 5.57. The van der Waals surface area contributed by atoms with Crippen molar-refractivity contribution in [2.45, 2.75) is 6.42 Å². The molecule has 8 nitrogen and oxygen atoms in total. The highest BCUT2D eigenvalue weighted by Gasteiger charge is 2.30. The fourth-order valence-electron chi connectivity index (χ4n) is 4.16. The fraction of sp³-hybridized carbons (Fsp3) is 0.421. The van der Waals surface area contributed by atoms with Crippen molar-refractivity contribution in [1.82, 2.24) is 24.6 Å². The fourth-order valence-corrected chi connectivity index (χ4v) is 4.47. The number of benzene rings is 1. The number of aryl methyl sites for hydroxylation is 1. The zero-order valence-electron chi connectivity index (χ0n) is 15.9. The molecule has 9 heteroatoms. The van der Waals surface area contributed by atoms with Crippen molar-refractivity contribution in [2.75, 3.05) is 42.5 Å². The van der Waals surface area contributed by atoms with E-state index in [9.17, 15) is 4.79 Å². The van der Waals surface area contributed by atoms with E-state index < -0.39 is 0 Å². The van der Waals surface area contributed by atoms with E-state index in [2.05, 4.69) is 15.3 Å². The van der Waals surface area contributed by atoms with Gasteiger partial charge in [-0.2, -0.15) is 5.10 Å². The lowest BCUT2D eigenvalue weighted by molar-refractivity contribution is 0.567. The van der Waals surface area contributed by atoms with Crippen molar-refractivity contribution in [3.05, 3.63) is 39.4 Å². The largest absolute Gasteiger partial charge is 0.340 e. The topological polar surface area (TPSA) is 71.2 Å². The maximum absolute atomic E-state index is 13.3. The second kappa shape index (κ2) is 6.49. The first kappa shape index (κ1) is 17.5. The number of nitrogens with one attached hydrogen (secondary N) is 1. The lowest BCUT2D eigenvalue weighted by atomic mass is 10.2. The number of aromatic nitrogens is 4. The molecular formula is C19H22ClN7O. The van der Waals surface area contributed by atoms with Crippen LogP contribution in [0.4, 0.5) is 17.3 Å². The van der Waals surface area contributed by atoms with Gasteiger partial charge < -0.3 is 15.1 Å². The van der Waals surface area contributed by atoms with Gasteiger partial charge in [-0.1, -0.05) is 11.6 Å². The highest BCUT2D eigenvalue weighted by molar-refractivity contribution is 6.38. The first-order valence-corrected chi connectivity index (χ1v) is 9.87. The van der Waals surface area contributed by atoms with E-state index in [1.54, 1.807) is 16.3 Å². The average Bonchev–Trinajstić information content (AvgIpc) is 3.29. The average molecular weight is 400 g/mol. The van der Waals surface area contributed by atoms with Crippen molar-refractivity contribution in [1.29, 1.82) is 0 Å². The molecular weight excluding hydrogens is 378 g/mol. The molecule has 0 amide bonds. The Morgan fingerprint density at radius 2 is 1.93 bits per heavy atom. The predicted molar refractivity (Wildman–Crippen MR) is 111 cm³/mol. The van der Waals surface area contributed by atoms with Crippen LogP contribution in [0.15, 0.2) is 23.1 Å². The highest BCUT2D eigenvalue weighted by Crippen LogP contribution is 2.39. The third kappa shape index (κ3) is 2.59. The summed E-state index contributed by atoms with van der Waals surface area (Å²) in [5.41, 5.74) is 3.12. The van der Waals surface area contributed by atoms with Gasteiger partial charge in [0.2, 0.25) is 5.95 Å². The van der Waals surface area contributed by atoms with Crippen LogP contribution in [-0.4, -0.2) is 52.1 Å². The Hall–Kier alpha value is -2.58. The Bertz CT molecular complexity index is 1130. The number of piperazine rings is 1. The molecule has 0 radical (unpaired) electrons. The molecule has 0 unspecified atom stereocenters. The number of fused-ring (bicyclic) bond motifs is 2. The minimum atomic E-state index is -0.0293. The summed E-state index contributed by atoms with van der Waals surface area (Å²) in [5.74, 6) is 0.751. The zero-order valence-corrected chi connectivity index (χ0v) is 16.7. The van der Waals surface area contributed by atoms with Crippen LogP contribution in [-0.2, 0) is 20.5 Å². The smallest absolute Gasteiger partial charge is 0.278 e. The first-order valence-electron chi connectivity index (χ1n) is 9.49. The van der Waals surface area contributed by atoms with Gasteiger partial charge in [-0.3, -0.25) is 14.0 Å². The molecule has 146 valence electrons. The van der Waals surface area contributed by atoms with Crippen LogP contribution in [0.2, 0.25) is 5.02 Å². The zero-order chi connectivity index (χ0) is 19.4. The van der Waals surface area contributed by atoms with Crippen LogP contribution in [0, 0.1) is 0 Å². The van der Waals surface area contributed by atoms with Gasteiger partial charge in [0.15, 0.2) is 0 Å². The predicted octanol–water partition coefficient (Wildman–Crippen LogP) is 1.42. The van der Waals surface area contributed by atoms with Crippen molar-refractivity contribution >= 4 is 39.8 Å². The standard InChI is InChI=1S/C19H22ClN7O/c1-24-11-12-13(23-24)3-4-15(16(12)20)27-8-5-14-17(27)18(28)25(2)19(22-14)26-9-6-21-7-10-26/h3-4,11,21H,5-10H2,1-2H3. The monoisotopic (exact) mass is 399 g/mol. The summed E-state index contributed by atoms with van der Waals surface area (Å²) in [4.78, 5) is 22.3. The minimum Gasteiger partial charge on any atom is -0.340 e. The van der Waals surface area contributed by atoms with E-state index in [0.29, 0.717) is 17.3 Å². The molecule has 28 heavy (non-hydrogen) atoms. The van der Waals surface area contributed by atoms with Gasteiger partial charge in [0.1, 0.15) is 5.69 Å². The van der Waals surface area contributed by atoms with Gasteiger partial charge in [0, 0.05) is 64.8 Å². The van der Waals surface area contributed by atoms with E-state index in [4.69, 9.17) is 16.6 Å². The molecule has 2 aliphatic rings. The SMILES string of the molecule is Cn1cc2c(Cl)c(N3CCc4nc(N5CCNCC5)n(C)c(=O)c43)ccc2n1. The summed E-state index contributed by atoms with van der Waals surface area (Å²) in [5, 5.41) is 9.25. The van der Waals surface area contributed by atoms with Gasteiger partial charge in [0.25, 0.3) is 5.56 Å². The van der Waals surface area contributed by atoms with Crippen LogP contribution < -0.4 is 20.7 Å². The Kier molecular flexibility index (Phi) is 4.06. The van der Waals surface area contributed by atoms with Crippen molar-refractivity contribution < 1.29 is 0 Å². The molecule has 5 rings (SSSR count). The summed E-state index contributed by atoms with van der Waals surface area (Å²) >= 11 is 6.71. The molecule has 1 N–H and O–H groups in total. The van der Waals surface area contributed by atoms with E-state index in [1.165, 1.54) is 0 Å². The normalized spacial score (nSPS) is 16.8. The van der Waals surface area contributed by atoms with Crippen molar-refractivity contribution in [3.8, 4) is 0 Å². The molecule has 0 atom stereocenters. The van der Waals surface area contributed by atoms with Gasteiger partial charge >= 0.3 is 0 Å². The first-order chi connectivity index (χ1) is 13.5. The van der Waals surface area contributed by atoms with Gasteiger partial charge in [-0.15, -0.1) is 0 Å². The van der Waals surface area contributed by atoms with Gasteiger partial charge in [-0.25, -0.2) is 4.98 Å². The molecule has 0 spiro atoms.